The minimum atomic E-state index is -0.847. The Morgan fingerprint density at radius 2 is 1.93 bits per heavy atom. The molecule has 27 heavy (non-hydrogen) atoms. The van der Waals surface area contributed by atoms with Crippen LogP contribution in [0.3, 0.4) is 0 Å². The van der Waals surface area contributed by atoms with Crippen LogP contribution < -0.4 is 0 Å². The number of aliphatic hydroxyl groups excluding tert-OH is 1. The van der Waals surface area contributed by atoms with Crippen molar-refractivity contribution in [1.29, 1.82) is 0 Å². The third kappa shape index (κ3) is 3.72. The lowest BCUT2D eigenvalue weighted by molar-refractivity contribution is -0.140. The smallest absolute Gasteiger partial charge is 0.295 e. The number of halogens is 2. The van der Waals surface area contributed by atoms with Gasteiger partial charge in [-0.25, -0.2) is 4.39 Å². The van der Waals surface area contributed by atoms with Gasteiger partial charge in [-0.3, -0.25) is 9.59 Å². The molecule has 7 heteroatoms. The zero-order valence-corrected chi connectivity index (χ0v) is 15.2. The predicted octanol–water partition coefficient (Wildman–Crippen LogP) is 3.55. The summed E-state index contributed by atoms with van der Waals surface area (Å²) in [6.45, 7) is 0.358. The van der Waals surface area contributed by atoms with E-state index in [1.807, 2.05) is 0 Å². The maximum atomic E-state index is 13.3. The van der Waals surface area contributed by atoms with E-state index in [9.17, 15) is 19.1 Å². The molecule has 0 radical (unpaired) electrons. The molecule has 1 aliphatic heterocycles. The van der Waals surface area contributed by atoms with Crippen molar-refractivity contribution in [1.82, 2.24) is 4.90 Å². The van der Waals surface area contributed by atoms with Gasteiger partial charge >= 0.3 is 0 Å². The topological polar surface area (TPSA) is 66.8 Å². The highest BCUT2D eigenvalue weighted by Gasteiger charge is 2.45. The number of hydrogen-bond donors (Lipinski definition) is 1. The summed E-state index contributed by atoms with van der Waals surface area (Å²) in [6, 6.07) is 11.0. The van der Waals surface area contributed by atoms with Crippen molar-refractivity contribution in [2.45, 2.75) is 6.04 Å². The van der Waals surface area contributed by atoms with E-state index in [0.29, 0.717) is 16.1 Å². The fourth-order valence-electron chi connectivity index (χ4n) is 3.08. The number of hydrogen-bond acceptors (Lipinski definition) is 4. The summed E-state index contributed by atoms with van der Waals surface area (Å²) in [6.07, 6.45) is 0. The molecule has 2 aromatic carbocycles. The molecule has 0 aliphatic carbocycles. The van der Waals surface area contributed by atoms with E-state index >= 15 is 0 Å². The van der Waals surface area contributed by atoms with Gasteiger partial charge in [-0.2, -0.15) is 0 Å². The van der Waals surface area contributed by atoms with Crippen LogP contribution in [-0.4, -0.2) is 42.0 Å². The molecule has 3 rings (SSSR count). The van der Waals surface area contributed by atoms with Gasteiger partial charge in [0.25, 0.3) is 11.7 Å². The number of rotatable bonds is 5. The van der Waals surface area contributed by atoms with Crippen LogP contribution in [0.2, 0.25) is 5.02 Å². The van der Waals surface area contributed by atoms with Gasteiger partial charge in [0.2, 0.25) is 0 Å². The molecule has 1 N–H and O–H groups in total. The van der Waals surface area contributed by atoms with Crippen LogP contribution in [0.25, 0.3) is 5.76 Å². The number of ketones is 1. The zero-order valence-electron chi connectivity index (χ0n) is 14.5. The monoisotopic (exact) mass is 389 g/mol. The second-order valence-corrected chi connectivity index (χ2v) is 6.48. The Kier molecular flexibility index (Phi) is 5.58. The van der Waals surface area contributed by atoms with E-state index in [2.05, 4.69) is 0 Å². The van der Waals surface area contributed by atoms with E-state index in [1.54, 1.807) is 18.2 Å². The first-order chi connectivity index (χ1) is 12.9. The summed E-state index contributed by atoms with van der Waals surface area (Å²) < 4.78 is 18.4. The van der Waals surface area contributed by atoms with Crippen LogP contribution in [0.4, 0.5) is 4.39 Å². The van der Waals surface area contributed by atoms with Gasteiger partial charge in [0, 0.05) is 24.2 Å². The molecule has 0 bridgehead atoms. The third-order valence-corrected chi connectivity index (χ3v) is 4.60. The average molecular weight is 390 g/mol. The van der Waals surface area contributed by atoms with Crippen molar-refractivity contribution in [3.63, 3.8) is 0 Å². The van der Waals surface area contributed by atoms with Crippen LogP contribution in [-0.2, 0) is 14.3 Å². The normalized spacial score (nSPS) is 18.9. The summed E-state index contributed by atoms with van der Waals surface area (Å²) >= 11 is 5.97. The van der Waals surface area contributed by atoms with E-state index in [-0.39, 0.29) is 24.5 Å². The van der Waals surface area contributed by atoms with E-state index in [1.165, 1.54) is 42.3 Å². The fraction of sp³-hybridized carbons (Fsp3) is 0.200. The number of carbonyl (C=O) groups is 2. The van der Waals surface area contributed by atoms with Crippen LogP contribution in [0.1, 0.15) is 17.2 Å². The molecule has 1 unspecified atom stereocenters. The van der Waals surface area contributed by atoms with Crippen molar-refractivity contribution in [3.8, 4) is 0 Å². The maximum Gasteiger partial charge on any atom is 0.295 e. The minimum Gasteiger partial charge on any atom is -0.507 e. The van der Waals surface area contributed by atoms with E-state index in [0.717, 1.165) is 0 Å². The first-order valence-corrected chi connectivity index (χ1v) is 8.60. The molecular weight excluding hydrogens is 373 g/mol. The van der Waals surface area contributed by atoms with Gasteiger partial charge in [0.1, 0.15) is 11.6 Å². The van der Waals surface area contributed by atoms with Gasteiger partial charge in [0.05, 0.1) is 18.2 Å². The molecule has 1 saturated heterocycles. The van der Waals surface area contributed by atoms with Crippen LogP contribution in [0.5, 0.6) is 0 Å². The number of benzene rings is 2. The van der Waals surface area contributed by atoms with Gasteiger partial charge in [-0.1, -0.05) is 35.9 Å². The summed E-state index contributed by atoms with van der Waals surface area (Å²) in [4.78, 5) is 26.5. The number of likely N-dealkylation sites (tertiary alicyclic amines) is 1. The molecule has 140 valence electrons. The molecule has 0 aromatic heterocycles. The molecule has 1 amide bonds. The number of aliphatic hydroxyl groups is 1. The molecule has 1 aliphatic rings. The number of amides is 1. The Hall–Kier alpha value is -2.70. The molecular formula is C20H17ClFNO4. The predicted molar refractivity (Wildman–Crippen MR) is 98.7 cm³/mol. The molecule has 1 heterocycles. The number of ether oxygens (including phenoxy) is 1. The van der Waals surface area contributed by atoms with Crippen LogP contribution in [0.15, 0.2) is 54.1 Å². The Bertz CT molecular complexity index is 910. The number of carbonyl (C=O) groups excluding carboxylic acids is 2. The molecule has 0 spiro atoms. The van der Waals surface area contributed by atoms with E-state index < -0.39 is 23.5 Å². The van der Waals surface area contributed by atoms with Crippen LogP contribution >= 0.6 is 11.6 Å². The summed E-state index contributed by atoms with van der Waals surface area (Å²) in [5.74, 6) is -2.32. The van der Waals surface area contributed by atoms with Gasteiger partial charge < -0.3 is 14.7 Å². The van der Waals surface area contributed by atoms with Crippen molar-refractivity contribution in [3.05, 3.63) is 76.1 Å². The SMILES string of the molecule is COCCN1C(=O)C(=O)/C(=C(\O)c2cccc(Cl)c2)C1c1ccc(F)cc1. The molecule has 2 aromatic rings. The van der Waals surface area contributed by atoms with Crippen molar-refractivity contribution in [2.75, 3.05) is 20.3 Å². The minimum absolute atomic E-state index is 0.0648. The summed E-state index contributed by atoms with van der Waals surface area (Å²) in [5, 5.41) is 11.2. The largest absolute Gasteiger partial charge is 0.507 e. The standard InChI is InChI=1S/C20H17ClFNO4/c1-27-10-9-23-17(12-5-7-15(22)8-6-12)16(19(25)20(23)26)18(24)13-3-2-4-14(21)11-13/h2-8,11,17,24H,9-10H2,1H3/b18-16-. The lowest BCUT2D eigenvalue weighted by Gasteiger charge is -2.25. The Morgan fingerprint density at radius 1 is 1.22 bits per heavy atom. The molecule has 1 fully saturated rings. The molecule has 1 atom stereocenters. The van der Waals surface area contributed by atoms with E-state index in [4.69, 9.17) is 16.3 Å². The lowest BCUT2D eigenvalue weighted by Crippen LogP contribution is -2.32. The second-order valence-electron chi connectivity index (χ2n) is 6.05. The lowest BCUT2D eigenvalue weighted by atomic mass is 9.95. The number of methoxy groups -OCH3 is 1. The summed E-state index contributed by atoms with van der Waals surface area (Å²) in [5.41, 5.74) is 0.764. The highest BCUT2D eigenvalue weighted by Crippen LogP contribution is 2.39. The maximum absolute atomic E-state index is 13.3. The van der Waals surface area contributed by atoms with Crippen molar-refractivity contribution in [2.24, 2.45) is 0 Å². The first kappa shape index (κ1) is 19.1. The first-order valence-electron chi connectivity index (χ1n) is 8.22. The quantitative estimate of drug-likeness (QED) is 0.482. The number of Topliss-reactive ketones (excluding diaryl/α,β-unsaturated/α-hetero) is 1. The Balaban J connectivity index is 2.16. The van der Waals surface area contributed by atoms with Gasteiger partial charge in [-0.15, -0.1) is 0 Å². The fourth-order valence-corrected chi connectivity index (χ4v) is 3.27. The highest BCUT2D eigenvalue weighted by atomic mass is 35.5. The van der Waals surface area contributed by atoms with Gasteiger partial charge in [-0.05, 0) is 29.8 Å². The van der Waals surface area contributed by atoms with Gasteiger partial charge in [0.15, 0.2) is 0 Å². The van der Waals surface area contributed by atoms with Crippen molar-refractivity contribution < 1.29 is 23.8 Å². The highest BCUT2D eigenvalue weighted by molar-refractivity contribution is 6.46. The average Bonchev–Trinajstić information content (AvgIpc) is 2.91. The second kappa shape index (κ2) is 7.90. The molecule has 5 nitrogen and oxygen atoms in total. The molecule has 0 saturated carbocycles. The Labute approximate surface area is 160 Å². The number of nitrogens with zero attached hydrogens (tertiary/aromatic N) is 1. The van der Waals surface area contributed by atoms with Crippen molar-refractivity contribution >= 4 is 29.1 Å². The summed E-state index contributed by atoms with van der Waals surface area (Å²) in [7, 11) is 1.48. The van der Waals surface area contributed by atoms with Crippen LogP contribution in [0, 0.1) is 5.82 Å². The Morgan fingerprint density at radius 3 is 2.56 bits per heavy atom. The zero-order chi connectivity index (χ0) is 19.6. The third-order valence-electron chi connectivity index (χ3n) is 4.36.